The minimum absolute atomic E-state index is 0.0846. The topological polar surface area (TPSA) is 50.2 Å². The van der Waals surface area contributed by atoms with E-state index in [4.69, 9.17) is 0 Å². The maximum atomic E-state index is 13.9. The predicted octanol–water partition coefficient (Wildman–Crippen LogP) is 9.07. The van der Waals surface area contributed by atoms with Crippen LogP contribution in [0.2, 0.25) is 0 Å². The van der Waals surface area contributed by atoms with Crippen LogP contribution in [0.25, 0.3) is 6.08 Å². The molecule has 8 atom stereocenters. The molecule has 0 spiro atoms. The molecule has 3 nitrogen and oxygen atoms in total. The molecule has 1 aromatic heterocycles. The van der Waals surface area contributed by atoms with Crippen LogP contribution in [0.1, 0.15) is 119 Å². The first kappa shape index (κ1) is 29.7. The van der Waals surface area contributed by atoms with Crippen LogP contribution in [-0.4, -0.2) is 21.5 Å². The zero-order valence-electron chi connectivity index (χ0n) is 26.6. The van der Waals surface area contributed by atoms with Crippen LogP contribution in [0.15, 0.2) is 42.1 Å². The van der Waals surface area contributed by atoms with Gasteiger partial charge in [-0.05, 0) is 134 Å². The van der Waals surface area contributed by atoms with Gasteiger partial charge < -0.3 is 5.11 Å². The van der Waals surface area contributed by atoms with E-state index in [1.165, 1.54) is 25.7 Å². The van der Waals surface area contributed by atoms with Crippen LogP contribution in [-0.2, 0) is 4.79 Å². The van der Waals surface area contributed by atoms with Gasteiger partial charge >= 0.3 is 0 Å². The fraction of sp³-hybridized carbons (Fsp3) is 0.730. The first-order valence-electron chi connectivity index (χ1n) is 16.2. The number of Topliss-reactive ketones (excluding diaryl/α,β-unsaturated/α-hetero) is 1. The Morgan fingerprint density at radius 2 is 1.75 bits per heavy atom. The molecule has 1 aromatic rings. The molecule has 0 radical (unpaired) electrons. The average Bonchev–Trinajstić information content (AvgIpc) is 3.25. The van der Waals surface area contributed by atoms with Crippen LogP contribution < -0.4 is 0 Å². The highest BCUT2D eigenvalue weighted by Gasteiger charge is 2.69. The molecule has 5 rings (SSSR count). The Hall–Kier alpha value is -1.74. The Bertz CT molecular complexity index is 1160. The molecule has 1 heterocycles. The van der Waals surface area contributed by atoms with Crippen molar-refractivity contribution in [3.8, 4) is 0 Å². The molecule has 0 bridgehead atoms. The monoisotopic (exact) mass is 545 g/mol. The van der Waals surface area contributed by atoms with E-state index in [0.29, 0.717) is 35.4 Å². The van der Waals surface area contributed by atoms with Crippen molar-refractivity contribution >= 4 is 11.9 Å². The summed E-state index contributed by atoms with van der Waals surface area (Å²) in [6.07, 6.45) is 18.2. The molecule has 0 unspecified atom stereocenters. The lowest BCUT2D eigenvalue weighted by Gasteiger charge is -2.69. The van der Waals surface area contributed by atoms with Gasteiger partial charge in [-0.15, -0.1) is 0 Å². The highest BCUT2D eigenvalue weighted by Crippen LogP contribution is 2.75. The molecule has 4 fully saturated rings. The fourth-order valence-corrected chi connectivity index (χ4v) is 11.0. The van der Waals surface area contributed by atoms with Gasteiger partial charge in [0, 0.05) is 11.6 Å². The summed E-state index contributed by atoms with van der Waals surface area (Å²) >= 11 is 0. The molecule has 0 amide bonds. The lowest BCUT2D eigenvalue weighted by atomic mass is 9.35. The van der Waals surface area contributed by atoms with Gasteiger partial charge in [-0.25, -0.2) is 0 Å². The largest absolute Gasteiger partial charge is 0.390 e. The Kier molecular flexibility index (Phi) is 7.59. The molecule has 1 N–H and O–H groups in total. The minimum atomic E-state index is -0.619. The molecule has 4 aliphatic carbocycles. The number of ketones is 1. The number of aromatic nitrogens is 1. The minimum Gasteiger partial charge on any atom is -0.390 e. The lowest BCUT2D eigenvalue weighted by molar-refractivity contribution is -0.201. The van der Waals surface area contributed by atoms with Gasteiger partial charge in [0.1, 0.15) is 0 Å². The van der Waals surface area contributed by atoms with Gasteiger partial charge in [0.05, 0.1) is 11.3 Å². The molecule has 0 saturated heterocycles. The number of aliphatic hydroxyl groups is 1. The van der Waals surface area contributed by atoms with Gasteiger partial charge in [0.25, 0.3) is 0 Å². The van der Waals surface area contributed by atoms with Crippen molar-refractivity contribution < 1.29 is 9.90 Å². The van der Waals surface area contributed by atoms with Gasteiger partial charge in [-0.3, -0.25) is 9.78 Å². The van der Waals surface area contributed by atoms with Gasteiger partial charge in [0.2, 0.25) is 0 Å². The second-order valence-corrected chi connectivity index (χ2v) is 16.0. The fourth-order valence-electron chi connectivity index (χ4n) is 11.0. The number of allylic oxidation sites excluding steroid dienone is 3. The maximum absolute atomic E-state index is 13.9. The third-order valence-corrected chi connectivity index (χ3v) is 13.1. The molecular formula is C37H55NO2. The van der Waals surface area contributed by atoms with E-state index in [-0.39, 0.29) is 21.7 Å². The lowest BCUT2D eigenvalue weighted by Crippen LogP contribution is -2.64. The van der Waals surface area contributed by atoms with Crippen LogP contribution in [0.3, 0.4) is 0 Å². The number of hydrogen-bond donors (Lipinski definition) is 1. The van der Waals surface area contributed by atoms with E-state index in [1.54, 1.807) is 0 Å². The zero-order chi connectivity index (χ0) is 29.1. The first-order valence-corrected chi connectivity index (χ1v) is 16.2. The van der Waals surface area contributed by atoms with Crippen molar-refractivity contribution in [3.63, 3.8) is 0 Å². The number of fused-ring (bicyclic) bond motifs is 5. The summed E-state index contributed by atoms with van der Waals surface area (Å²) in [5.74, 6) is 2.81. The van der Waals surface area contributed by atoms with Crippen molar-refractivity contribution in [1.29, 1.82) is 0 Å². The predicted molar refractivity (Wildman–Crippen MR) is 165 cm³/mol. The third-order valence-electron chi connectivity index (χ3n) is 13.1. The second-order valence-electron chi connectivity index (χ2n) is 16.0. The molecule has 0 aliphatic heterocycles. The Morgan fingerprint density at radius 3 is 2.42 bits per heavy atom. The van der Waals surface area contributed by atoms with Crippen LogP contribution >= 0.6 is 0 Å². The number of hydrogen-bond acceptors (Lipinski definition) is 3. The standard InChI is InChI=1S/C37H55NO2/c1-25(2)13-9-11-19-37(8,40)29-17-20-35(6)28(29)15-16-31-34(5)24-26(23-27-14-10-12-22-38-27)32(39)33(3,4)30(34)18-21-36(31,35)7/h9-10,12-14,22-23,25,28-31,40H,11,15-21,24H2,1-8H3/b13-9+,26-23-/t28-,29+,30+,31-,34+,35-,36-,37+/m1/s1. The number of nitrogens with zero attached hydrogens (tertiary/aromatic N) is 1. The molecule has 4 saturated carbocycles. The Morgan fingerprint density at radius 1 is 1.02 bits per heavy atom. The van der Waals surface area contributed by atoms with E-state index in [2.05, 4.69) is 78.6 Å². The SMILES string of the molecule is CC(C)/C=C/CC[C@](C)(O)[C@H]1CC[C@]2(C)[C@@H]1CC[C@@H]1[C@@]3(C)C/C(=C/c4ccccn4)C(=O)C(C)(C)[C@@H]3CC[C@]12C. The van der Waals surface area contributed by atoms with Crippen molar-refractivity contribution in [2.45, 2.75) is 119 Å². The van der Waals surface area contributed by atoms with Crippen LogP contribution in [0, 0.1) is 51.2 Å². The summed E-state index contributed by atoms with van der Waals surface area (Å²) in [4.78, 5) is 18.4. The molecular weight excluding hydrogens is 490 g/mol. The quantitative estimate of drug-likeness (QED) is 0.286. The summed E-state index contributed by atoms with van der Waals surface area (Å²) in [5, 5.41) is 11.8. The van der Waals surface area contributed by atoms with Gasteiger partial charge in [-0.1, -0.05) is 66.7 Å². The normalized spacial score (nSPS) is 41.5. The molecule has 0 aromatic carbocycles. The zero-order valence-corrected chi connectivity index (χ0v) is 26.6. The summed E-state index contributed by atoms with van der Waals surface area (Å²) in [6, 6.07) is 5.96. The average molecular weight is 546 g/mol. The number of rotatable bonds is 6. The summed E-state index contributed by atoms with van der Waals surface area (Å²) in [7, 11) is 0. The van der Waals surface area contributed by atoms with Gasteiger partial charge in [-0.2, -0.15) is 0 Å². The molecule has 4 aliphatic rings. The Labute approximate surface area is 244 Å². The summed E-state index contributed by atoms with van der Waals surface area (Å²) in [6.45, 7) is 18.7. The van der Waals surface area contributed by atoms with E-state index in [1.807, 2.05) is 24.4 Å². The van der Waals surface area contributed by atoms with Crippen LogP contribution in [0.4, 0.5) is 0 Å². The highest BCUT2D eigenvalue weighted by atomic mass is 16.3. The van der Waals surface area contributed by atoms with Crippen molar-refractivity contribution in [2.75, 3.05) is 0 Å². The van der Waals surface area contributed by atoms with E-state index in [9.17, 15) is 9.90 Å². The molecule has 3 heteroatoms. The highest BCUT2D eigenvalue weighted by molar-refractivity contribution is 6.04. The molecule has 40 heavy (non-hydrogen) atoms. The smallest absolute Gasteiger partial charge is 0.164 e. The third kappa shape index (κ3) is 4.58. The Balaban J connectivity index is 1.45. The summed E-state index contributed by atoms with van der Waals surface area (Å²) in [5.41, 5.74) is 1.41. The van der Waals surface area contributed by atoms with E-state index < -0.39 is 5.60 Å². The number of carbonyl (C=O) groups is 1. The van der Waals surface area contributed by atoms with Crippen molar-refractivity contribution in [3.05, 3.63) is 47.8 Å². The van der Waals surface area contributed by atoms with Crippen molar-refractivity contribution in [2.24, 2.45) is 51.2 Å². The van der Waals surface area contributed by atoms with E-state index >= 15 is 0 Å². The molecule has 220 valence electrons. The number of carbonyl (C=O) groups excluding carboxylic acids is 1. The second kappa shape index (κ2) is 10.2. The van der Waals surface area contributed by atoms with Crippen molar-refractivity contribution in [1.82, 2.24) is 4.98 Å². The summed E-state index contributed by atoms with van der Waals surface area (Å²) < 4.78 is 0. The van der Waals surface area contributed by atoms with Gasteiger partial charge in [0.15, 0.2) is 5.78 Å². The van der Waals surface area contributed by atoms with Crippen LogP contribution in [0.5, 0.6) is 0 Å². The maximum Gasteiger partial charge on any atom is 0.164 e. The first-order chi connectivity index (χ1) is 18.7. The van der Waals surface area contributed by atoms with E-state index in [0.717, 1.165) is 43.4 Å². The number of pyridine rings is 1.